The molecule has 0 fully saturated rings. The molecule has 0 heterocycles. The number of carbonyl (C=O) groups is 3. The topological polar surface area (TPSA) is 108 Å². The van der Waals surface area contributed by atoms with Crippen molar-refractivity contribution in [2.24, 2.45) is 0 Å². The van der Waals surface area contributed by atoms with Gasteiger partial charge in [-0.1, -0.05) is 41.9 Å². The summed E-state index contributed by atoms with van der Waals surface area (Å²) in [6, 6.07) is 8.64. The third kappa shape index (κ3) is 7.45. The normalized spacial score (nSPS) is 12.9. The molecule has 2 unspecified atom stereocenters. The summed E-state index contributed by atoms with van der Waals surface area (Å²) < 4.78 is 5.27. The lowest BCUT2D eigenvalue weighted by Gasteiger charge is -2.34. The number of aryl methyl sites for hydroxylation is 2. The monoisotopic (exact) mass is 517 g/mol. The molecule has 0 aromatic heterocycles. The molecular weight excluding hydrogens is 482 g/mol. The molecule has 2 rings (SSSR count). The van der Waals surface area contributed by atoms with E-state index in [0.29, 0.717) is 16.3 Å². The van der Waals surface area contributed by atoms with Crippen LogP contribution in [0.25, 0.3) is 0 Å². The standard InChI is InChI=1S/C27H36ClN3O5/c1-16-10-8-12-20(18(16)3)23(24(33)30-22-17(2)11-9-13-21(22)28)31(14-15-32)25(34)19(4)29-26(35)36-27(5,6)7/h8-13,19,23,32H,14-15H2,1-7H3,(H,29,35)(H,30,33). The zero-order valence-electron chi connectivity index (χ0n) is 21.9. The SMILES string of the molecule is Cc1cccc(C(C(=O)Nc2c(C)cccc2Cl)N(CCO)C(=O)C(C)NC(=O)OC(C)(C)C)c1C. The van der Waals surface area contributed by atoms with E-state index in [2.05, 4.69) is 10.6 Å². The zero-order valence-corrected chi connectivity index (χ0v) is 22.7. The summed E-state index contributed by atoms with van der Waals surface area (Å²) in [6.07, 6.45) is -0.758. The van der Waals surface area contributed by atoms with Crippen LogP contribution in [-0.4, -0.2) is 52.7 Å². The molecule has 9 heteroatoms. The van der Waals surface area contributed by atoms with Gasteiger partial charge in [-0.3, -0.25) is 9.59 Å². The fourth-order valence-corrected chi connectivity index (χ4v) is 4.04. The minimum atomic E-state index is -1.09. The molecule has 0 radical (unpaired) electrons. The van der Waals surface area contributed by atoms with E-state index in [1.54, 1.807) is 39.0 Å². The lowest BCUT2D eigenvalue weighted by molar-refractivity contribution is -0.141. The Balaban J connectivity index is 2.50. The van der Waals surface area contributed by atoms with Crippen molar-refractivity contribution in [3.63, 3.8) is 0 Å². The summed E-state index contributed by atoms with van der Waals surface area (Å²) >= 11 is 6.35. The molecule has 0 aliphatic heterocycles. The van der Waals surface area contributed by atoms with Crippen molar-refractivity contribution in [1.82, 2.24) is 10.2 Å². The number of rotatable bonds is 8. The van der Waals surface area contributed by atoms with Gasteiger partial charge in [0.2, 0.25) is 5.91 Å². The molecule has 0 spiro atoms. The van der Waals surface area contributed by atoms with Crippen molar-refractivity contribution in [2.45, 2.75) is 66.2 Å². The van der Waals surface area contributed by atoms with Gasteiger partial charge in [-0.25, -0.2) is 4.79 Å². The molecule has 2 aromatic rings. The van der Waals surface area contributed by atoms with Crippen LogP contribution in [0, 0.1) is 20.8 Å². The first-order valence-corrected chi connectivity index (χ1v) is 12.2. The Labute approximate surface area is 218 Å². The summed E-state index contributed by atoms with van der Waals surface area (Å²) in [5.74, 6) is -1.04. The summed E-state index contributed by atoms with van der Waals surface area (Å²) in [5, 5.41) is 15.6. The van der Waals surface area contributed by atoms with E-state index >= 15 is 0 Å². The minimum absolute atomic E-state index is 0.133. The van der Waals surface area contributed by atoms with Gasteiger partial charge in [-0.15, -0.1) is 0 Å². The van der Waals surface area contributed by atoms with Gasteiger partial charge >= 0.3 is 6.09 Å². The van der Waals surface area contributed by atoms with Crippen molar-refractivity contribution in [1.29, 1.82) is 0 Å². The largest absolute Gasteiger partial charge is 0.444 e. The number of hydrogen-bond donors (Lipinski definition) is 3. The maximum absolute atomic E-state index is 13.8. The van der Waals surface area contributed by atoms with Gasteiger partial charge in [0.1, 0.15) is 17.7 Å². The van der Waals surface area contributed by atoms with Crippen LogP contribution in [0.15, 0.2) is 36.4 Å². The summed E-state index contributed by atoms with van der Waals surface area (Å²) in [4.78, 5) is 40.9. The van der Waals surface area contributed by atoms with Crippen molar-refractivity contribution in [3.8, 4) is 0 Å². The maximum atomic E-state index is 13.8. The van der Waals surface area contributed by atoms with Gasteiger partial charge in [-0.05, 0) is 76.8 Å². The molecule has 0 aliphatic carbocycles. The second-order valence-electron chi connectivity index (χ2n) is 9.74. The third-order valence-electron chi connectivity index (χ3n) is 5.70. The van der Waals surface area contributed by atoms with Gasteiger partial charge in [0.05, 0.1) is 17.3 Å². The highest BCUT2D eigenvalue weighted by Gasteiger charge is 2.35. The summed E-state index contributed by atoms with van der Waals surface area (Å²) in [5.41, 5.74) is 2.83. The van der Waals surface area contributed by atoms with Gasteiger partial charge in [-0.2, -0.15) is 0 Å². The van der Waals surface area contributed by atoms with Crippen LogP contribution in [0.1, 0.15) is 56.0 Å². The Kier molecular flexibility index (Phi) is 9.90. The highest BCUT2D eigenvalue weighted by Crippen LogP contribution is 2.31. The second kappa shape index (κ2) is 12.2. The molecule has 196 valence electrons. The highest BCUT2D eigenvalue weighted by molar-refractivity contribution is 6.34. The Hall–Kier alpha value is -3.10. The number of alkyl carbamates (subject to hydrolysis) is 1. The number of benzene rings is 2. The predicted octanol–water partition coefficient (Wildman–Crippen LogP) is 4.68. The molecule has 0 bridgehead atoms. The molecule has 8 nitrogen and oxygen atoms in total. The van der Waals surface area contributed by atoms with Crippen molar-refractivity contribution in [2.75, 3.05) is 18.5 Å². The number of amides is 3. The number of ether oxygens (including phenoxy) is 1. The van der Waals surface area contributed by atoms with Crippen LogP contribution in [0.2, 0.25) is 5.02 Å². The highest BCUT2D eigenvalue weighted by atomic mass is 35.5. The van der Waals surface area contributed by atoms with Crippen molar-refractivity contribution in [3.05, 3.63) is 63.7 Å². The van der Waals surface area contributed by atoms with Crippen molar-refractivity contribution >= 4 is 35.2 Å². The smallest absolute Gasteiger partial charge is 0.408 e. The Morgan fingerprint density at radius 1 is 1.06 bits per heavy atom. The number of hydrogen-bond acceptors (Lipinski definition) is 5. The van der Waals surface area contributed by atoms with Gasteiger partial charge in [0.25, 0.3) is 5.91 Å². The maximum Gasteiger partial charge on any atom is 0.408 e. The fourth-order valence-electron chi connectivity index (χ4n) is 3.77. The number of nitrogens with one attached hydrogen (secondary N) is 2. The molecule has 36 heavy (non-hydrogen) atoms. The van der Waals surface area contributed by atoms with Crippen LogP contribution >= 0.6 is 11.6 Å². The van der Waals surface area contributed by atoms with E-state index in [0.717, 1.165) is 16.7 Å². The summed E-state index contributed by atoms with van der Waals surface area (Å²) in [7, 11) is 0. The van der Waals surface area contributed by atoms with E-state index in [-0.39, 0.29) is 13.2 Å². The van der Waals surface area contributed by atoms with E-state index in [4.69, 9.17) is 16.3 Å². The number of halogens is 1. The average molecular weight is 518 g/mol. The molecular formula is C27H36ClN3O5. The van der Waals surface area contributed by atoms with E-state index < -0.39 is 35.6 Å². The first-order chi connectivity index (χ1) is 16.8. The van der Waals surface area contributed by atoms with Crippen LogP contribution in [-0.2, 0) is 14.3 Å². The molecule has 0 saturated heterocycles. The van der Waals surface area contributed by atoms with Gasteiger partial charge < -0.3 is 25.4 Å². The zero-order chi connectivity index (χ0) is 27.2. The van der Waals surface area contributed by atoms with Crippen LogP contribution < -0.4 is 10.6 Å². The Morgan fingerprint density at radius 2 is 1.67 bits per heavy atom. The minimum Gasteiger partial charge on any atom is -0.444 e. The number of anilines is 1. The van der Waals surface area contributed by atoms with Crippen LogP contribution in [0.3, 0.4) is 0 Å². The lowest BCUT2D eigenvalue weighted by Crippen LogP contribution is -2.52. The molecule has 2 aromatic carbocycles. The number of aliphatic hydroxyl groups is 1. The molecule has 3 amide bonds. The van der Waals surface area contributed by atoms with Crippen LogP contribution in [0.5, 0.6) is 0 Å². The molecule has 0 aliphatic rings. The second-order valence-corrected chi connectivity index (χ2v) is 10.1. The van der Waals surface area contributed by atoms with E-state index in [9.17, 15) is 19.5 Å². The summed E-state index contributed by atoms with van der Waals surface area (Å²) in [6.45, 7) is 11.7. The predicted molar refractivity (Wildman–Crippen MR) is 141 cm³/mol. The Morgan fingerprint density at radius 3 is 2.25 bits per heavy atom. The first kappa shape index (κ1) is 29.1. The van der Waals surface area contributed by atoms with Crippen LogP contribution in [0.4, 0.5) is 10.5 Å². The fraction of sp³-hybridized carbons (Fsp3) is 0.444. The molecule has 3 N–H and O–H groups in total. The van der Waals surface area contributed by atoms with Crippen molar-refractivity contribution < 1.29 is 24.2 Å². The lowest BCUT2D eigenvalue weighted by atomic mass is 9.95. The number of aliphatic hydroxyl groups excluding tert-OH is 1. The molecule has 0 saturated carbocycles. The number of nitrogens with zero attached hydrogens (tertiary/aromatic N) is 1. The quantitative estimate of drug-likeness (QED) is 0.471. The van der Waals surface area contributed by atoms with E-state index in [1.165, 1.54) is 11.8 Å². The molecule has 2 atom stereocenters. The van der Waals surface area contributed by atoms with E-state index in [1.807, 2.05) is 39.0 Å². The Bertz CT molecular complexity index is 1090. The van der Waals surface area contributed by atoms with Gasteiger partial charge in [0, 0.05) is 6.54 Å². The first-order valence-electron chi connectivity index (χ1n) is 11.8. The average Bonchev–Trinajstić information content (AvgIpc) is 2.77. The van der Waals surface area contributed by atoms with Gasteiger partial charge in [0.15, 0.2) is 0 Å². The number of carbonyl (C=O) groups excluding carboxylic acids is 3. The number of para-hydroxylation sites is 1. The third-order valence-corrected chi connectivity index (χ3v) is 6.01.